The summed E-state index contributed by atoms with van der Waals surface area (Å²) in [6, 6.07) is 46.6. The minimum Gasteiger partial charge on any atom is -0.507 e. The fourth-order valence-electron chi connectivity index (χ4n) is 8.98. The molecule has 2 aromatic heterocycles. The molecular formula is C65H59N3O. The van der Waals surface area contributed by atoms with E-state index < -0.39 is 62.6 Å². The molecule has 0 saturated heterocycles. The molecule has 10 aromatic rings. The maximum Gasteiger partial charge on any atom is 0.149 e. The van der Waals surface area contributed by atoms with Crippen molar-refractivity contribution in [3.8, 4) is 89.7 Å². The topological polar surface area (TPSA) is 50.9 Å². The normalized spacial score (nSPS) is 15.9. The number of phenolic OH excluding ortho intramolecular Hbond substituents is 1. The molecule has 0 amide bonds. The first-order valence-corrected chi connectivity index (χ1v) is 22.9. The van der Waals surface area contributed by atoms with Crippen molar-refractivity contribution >= 4 is 11.0 Å². The molecule has 1 N–H and O–H groups in total. The Morgan fingerprint density at radius 2 is 1.19 bits per heavy atom. The van der Waals surface area contributed by atoms with Crippen molar-refractivity contribution in [3.05, 3.63) is 216 Å². The van der Waals surface area contributed by atoms with Gasteiger partial charge in [-0.3, -0.25) is 9.55 Å². The second kappa shape index (κ2) is 18.3. The number of pyridine rings is 1. The van der Waals surface area contributed by atoms with Crippen LogP contribution in [0.15, 0.2) is 194 Å². The van der Waals surface area contributed by atoms with E-state index in [4.69, 9.17) is 29.2 Å². The van der Waals surface area contributed by atoms with Gasteiger partial charge in [0.15, 0.2) is 0 Å². The van der Waals surface area contributed by atoms with Gasteiger partial charge in [-0.2, -0.15) is 0 Å². The molecule has 0 fully saturated rings. The van der Waals surface area contributed by atoms with E-state index in [0.29, 0.717) is 67.2 Å². The Labute approximate surface area is 430 Å². The van der Waals surface area contributed by atoms with Gasteiger partial charge >= 0.3 is 0 Å². The van der Waals surface area contributed by atoms with Crippen molar-refractivity contribution in [3.63, 3.8) is 0 Å². The summed E-state index contributed by atoms with van der Waals surface area (Å²) >= 11 is 0. The number of aryl methyl sites for hydroxylation is 1. The van der Waals surface area contributed by atoms with Gasteiger partial charge < -0.3 is 5.11 Å². The van der Waals surface area contributed by atoms with Crippen LogP contribution in [0.25, 0.3) is 95.0 Å². The highest BCUT2D eigenvalue weighted by Crippen LogP contribution is 2.45. The van der Waals surface area contributed by atoms with Crippen LogP contribution in [0.1, 0.15) is 104 Å². The van der Waals surface area contributed by atoms with Gasteiger partial charge in [0, 0.05) is 39.3 Å². The van der Waals surface area contributed by atoms with E-state index in [1.807, 2.05) is 164 Å². The van der Waals surface area contributed by atoms with E-state index in [-0.39, 0.29) is 34.3 Å². The van der Waals surface area contributed by atoms with Gasteiger partial charge in [-0.1, -0.05) is 182 Å². The van der Waals surface area contributed by atoms with Crippen LogP contribution >= 0.6 is 0 Å². The lowest BCUT2D eigenvalue weighted by atomic mass is 9.86. The minimum absolute atomic E-state index is 0.0445. The van der Waals surface area contributed by atoms with Gasteiger partial charge in [0.25, 0.3) is 0 Å². The van der Waals surface area contributed by atoms with Crippen LogP contribution in [0.5, 0.6) is 5.75 Å². The monoisotopic (exact) mass is 914 g/mol. The highest BCUT2D eigenvalue weighted by molar-refractivity contribution is 5.99. The van der Waals surface area contributed by atoms with Crippen LogP contribution in [0.4, 0.5) is 0 Å². The zero-order valence-electron chi connectivity index (χ0n) is 54.6. The van der Waals surface area contributed by atoms with Crippen molar-refractivity contribution in [2.45, 2.75) is 72.4 Å². The molecule has 0 saturated carbocycles. The highest BCUT2D eigenvalue weighted by atomic mass is 16.3. The number of para-hydroxylation sites is 1. The molecule has 0 unspecified atom stereocenters. The number of benzene rings is 8. The minimum atomic E-state index is -3.84. The molecule has 69 heavy (non-hydrogen) atoms. The Hall–Kier alpha value is -7.82. The smallest absolute Gasteiger partial charge is 0.149 e. The number of hydrogen-bond acceptors (Lipinski definition) is 3. The molecule has 2 heterocycles. The van der Waals surface area contributed by atoms with Crippen molar-refractivity contribution in [2.75, 3.05) is 0 Å². The summed E-state index contributed by atoms with van der Waals surface area (Å²) < 4.78 is 140. The lowest BCUT2D eigenvalue weighted by Gasteiger charge is -2.21. The second-order valence-electron chi connectivity index (χ2n) is 18.0. The molecule has 4 heteroatoms. The third-order valence-electron chi connectivity index (χ3n) is 12.6. The zero-order valence-corrected chi connectivity index (χ0v) is 38.6. The molecule has 0 aliphatic heterocycles. The summed E-state index contributed by atoms with van der Waals surface area (Å²) in [4.78, 5) is 10.3. The molecule has 4 nitrogen and oxygen atoms in total. The molecule has 0 atom stereocenters. The Balaban J connectivity index is 1.27. The number of rotatable bonds is 10. The summed E-state index contributed by atoms with van der Waals surface area (Å²) in [6.07, 6.45) is 1.40. The van der Waals surface area contributed by atoms with Crippen LogP contribution in [0, 0.1) is 6.85 Å². The largest absolute Gasteiger partial charge is 0.507 e. The number of fused-ring (bicyclic) bond motifs is 1. The lowest BCUT2D eigenvalue weighted by molar-refractivity contribution is 0.466. The number of aromatic hydroxyl groups is 1. The molecule has 0 spiro atoms. The van der Waals surface area contributed by atoms with Gasteiger partial charge in [0.2, 0.25) is 0 Å². The van der Waals surface area contributed by atoms with E-state index in [2.05, 4.69) is 13.8 Å². The van der Waals surface area contributed by atoms with E-state index in [9.17, 15) is 7.85 Å². The molecule has 0 bridgehead atoms. The first kappa shape index (κ1) is 29.8. The highest BCUT2D eigenvalue weighted by Gasteiger charge is 2.26. The summed E-state index contributed by atoms with van der Waals surface area (Å²) in [6.45, 7) is -5.85. The summed E-state index contributed by atoms with van der Waals surface area (Å²) in [7, 11) is 0. The maximum absolute atomic E-state index is 12.6. The van der Waals surface area contributed by atoms with E-state index in [1.54, 1.807) is 6.07 Å². The van der Waals surface area contributed by atoms with Crippen LogP contribution in [-0.2, 0) is 5.41 Å². The number of aromatic nitrogens is 3. The molecular weight excluding hydrogens is 839 g/mol. The number of hydrogen-bond donors (Lipinski definition) is 1. The van der Waals surface area contributed by atoms with Crippen LogP contribution in [0.2, 0.25) is 0 Å². The maximum atomic E-state index is 12.6. The SMILES string of the molecule is [2H]c1c([2H])c(C(C([2H])([2H])[2H])(C([2H])([2H])[2H])C([2H])([2H])[2H])c([2H])c([2H])c1-c1ccnc(-c2cc(-c3ccccc3)cc(-c3cccc4c3nc(-c3cc(C(C)C)cc(C(C)C)c3O)n4-c3cc(-c4ccccc4)c(C([2H])([2H])[2H])cc3-c3ccccc3)c2)c1. The Morgan fingerprint density at radius 3 is 1.84 bits per heavy atom. The van der Waals surface area contributed by atoms with Gasteiger partial charge in [-0.15, -0.1) is 0 Å². The molecule has 0 aliphatic rings. The van der Waals surface area contributed by atoms with E-state index >= 15 is 0 Å². The molecule has 8 aromatic carbocycles. The van der Waals surface area contributed by atoms with E-state index in [0.717, 1.165) is 27.8 Å². The summed E-state index contributed by atoms with van der Waals surface area (Å²) in [5.74, 6) is 0.386. The summed E-state index contributed by atoms with van der Waals surface area (Å²) in [5.41, 5.74) is 4.90. The van der Waals surface area contributed by atoms with Crippen molar-refractivity contribution < 1.29 is 27.0 Å². The molecule has 0 aliphatic carbocycles. The number of nitrogens with zero attached hydrogens (tertiary/aromatic N) is 3. The Kier molecular flexibility index (Phi) is 7.93. The van der Waals surface area contributed by atoms with E-state index in [1.165, 1.54) is 18.3 Å². The zero-order chi connectivity index (χ0) is 61.5. The van der Waals surface area contributed by atoms with Crippen molar-refractivity contribution in [1.82, 2.24) is 14.5 Å². The Bertz CT molecular complexity index is 4120. The third kappa shape index (κ3) is 8.80. The van der Waals surface area contributed by atoms with Gasteiger partial charge in [-0.25, -0.2) is 4.98 Å². The third-order valence-corrected chi connectivity index (χ3v) is 12.6. The predicted octanol–water partition coefficient (Wildman–Crippen LogP) is 17.6. The predicted molar refractivity (Wildman–Crippen MR) is 290 cm³/mol. The van der Waals surface area contributed by atoms with Gasteiger partial charge in [0.05, 0.1) is 33.5 Å². The van der Waals surface area contributed by atoms with Crippen LogP contribution < -0.4 is 0 Å². The number of imidazole rings is 1. The van der Waals surface area contributed by atoms with Crippen LogP contribution in [0.3, 0.4) is 0 Å². The molecule has 10 rings (SSSR count). The van der Waals surface area contributed by atoms with Crippen molar-refractivity contribution in [2.24, 2.45) is 0 Å². The fraction of sp³-hybridized carbons (Fsp3) is 0.169. The first-order valence-electron chi connectivity index (χ1n) is 30.9. The average Bonchev–Trinajstić information content (AvgIpc) is 1.24. The standard InChI is InChI=1S/C65H59N3O/c1-41(2)49-37-55(42(3)4)63(69)58(38-49)64-67-62-54(25-18-26-60(62)68(64)61-40-56(46-21-14-10-15-22-46)43(5)33-57(61)47-23-16-11-17-24-47)51-34-50(44-19-12-9-13-20-44)35-52(36-51)59-39-48(31-32-66-59)45-27-29-53(30-28-45)65(6,7)8/h9-42,69H,1-8H3/i5D3,6D3,7D3,8D3,27D,28D,29D,30D. The average molecular weight is 914 g/mol. The van der Waals surface area contributed by atoms with Gasteiger partial charge in [0.1, 0.15) is 11.6 Å². The molecule has 0 radical (unpaired) electrons. The molecule has 340 valence electrons. The number of phenols is 1. The van der Waals surface area contributed by atoms with Gasteiger partial charge in [-0.05, 0) is 145 Å². The fourth-order valence-corrected chi connectivity index (χ4v) is 8.98. The lowest BCUT2D eigenvalue weighted by Crippen LogP contribution is -2.10. The second-order valence-corrected chi connectivity index (χ2v) is 18.0. The first-order chi connectivity index (χ1) is 40.0. The summed E-state index contributed by atoms with van der Waals surface area (Å²) in [5, 5.41) is 12.6. The Morgan fingerprint density at radius 1 is 0.536 bits per heavy atom. The van der Waals surface area contributed by atoms with Crippen LogP contribution in [-0.4, -0.2) is 19.6 Å². The quantitative estimate of drug-likeness (QED) is 0.149. The van der Waals surface area contributed by atoms with Crippen molar-refractivity contribution in [1.29, 1.82) is 0 Å².